The molecule has 5 nitrogen and oxygen atoms in total. The highest BCUT2D eigenvalue weighted by atomic mass is 35.5. The molecule has 0 saturated carbocycles. The average Bonchev–Trinajstić information content (AvgIpc) is 3.13. The van der Waals surface area contributed by atoms with E-state index in [-0.39, 0.29) is 17.5 Å². The number of carbonyl (C=O) groups is 2. The molecule has 1 aromatic heterocycles. The van der Waals surface area contributed by atoms with Crippen LogP contribution < -0.4 is 10.1 Å². The van der Waals surface area contributed by atoms with Crippen LogP contribution in [0.3, 0.4) is 0 Å². The van der Waals surface area contributed by atoms with Crippen molar-refractivity contribution in [2.45, 2.75) is 6.92 Å². The molecule has 0 fully saturated rings. The number of para-hydroxylation sites is 1. The lowest BCUT2D eigenvalue weighted by Gasteiger charge is -2.07. The van der Waals surface area contributed by atoms with Gasteiger partial charge in [-0.05, 0) is 67.6 Å². The highest BCUT2D eigenvalue weighted by Crippen LogP contribution is 2.33. The minimum Gasteiger partial charge on any atom is -0.494 e. The molecular weight excluding hydrogens is 402 g/mol. The smallest absolute Gasteiger partial charge is 0.255 e. The van der Waals surface area contributed by atoms with Crippen LogP contribution >= 0.6 is 11.6 Å². The Kier molecular flexibility index (Phi) is 5.55. The average molecular weight is 420 g/mol. The van der Waals surface area contributed by atoms with Crippen molar-refractivity contribution in [2.75, 3.05) is 11.9 Å². The van der Waals surface area contributed by atoms with E-state index >= 15 is 0 Å². The maximum atomic E-state index is 13.2. The van der Waals surface area contributed by atoms with Crippen LogP contribution in [-0.4, -0.2) is 18.3 Å². The molecular formula is C24H18ClNO4. The minimum atomic E-state index is -0.362. The molecule has 0 saturated heterocycles. The molecule has 30 heavy (non-hydrogen) atoms. The molecule has 1 N–H and O–H groups in total. The lowest BCUT2D eigenvalue weighted by atomic mass is 10.1. The zero-order valence-corrected chi connectivity index (χ0v) is 16.9. The van der Waals surface area contributed by atoms with E-state index < -0.39 is 0 Å². The van der Waals surface area contributed by atoms with E-state index in [1.165, 1.54) is 0 Å². The minimum absolute atomic E-state index is 0.0719. The van der Waals surface area contributed by atoms with Crippen LogP contribution in [0.1, 0.15) is 33.4 Å². The van der Waals surface area contributed by atoms with Crippen LogP contribution in [-0.2, 0) is 0 Å². The Labute approximate surface area is 178 Å². The van der Waals surface area contributed by atoms with E-state index in [1.54, 1.807) is 60.7 Å². The van der Waals surface area contributed by atoms with Crippen LogP contribution in [0.15, 0.2) is 77.2 Å². The monoisotopic (exact) mass is 419 g/mol. The van der Waals surface area contributed by atoms with Gasteiger partial charge in [0.05, 0.1) is 12.3 Å². The van der Waals surface area contributed by atoms with Crippen molar-refractivity contribution < 1.29 is 18.7 Å². The van der Waals surface area contributed by atoms with Gasteiger partial charge in [-0.1, -0.05) is 23.7 Å². The van der Waals surface area contributed by atoms with Gasteiger partial charge in [0.1, 0.15) is 11.3 Å². The number of halogens is 1. The van der Waals surface area contributed by atoms with Crippen LogP contribution in [0.5, 0.6) is 5.75 Å². The van der Waals surface area contributed by atoms with Crippen molar-refractivity contribution in [2.24, 2.45) is 0 Å². The predicted molar refractivity (Wildman–Crippen MR) is 117 cm³/mol. The van der Waals surface area contributed by atoms with Gasteiger partial charge in [0.25, 0.3) is 5.91 Å². The van der Waals surface area contributed by atoms with E-state index in [4.69, 9.17) is 20.8 Å². The van der Waals surface area contributed by atoms with Gasteiger partial charge in [0, 0.05) is 21.5 Å². The SMILES string of the molecule is CCOc1ccc(C(=O)c2oc3ccccc3c2NC(=O)c2ccc(Cl)cc2)cc1. The zero-order valence-electron chi connectivity index (χ0n) is 16.1. The number of rotatable bonds is 6. The third-order valence-electron chi connectivity index (χ3n) is 4.57. The number of nitrogens with one attached hydrogen (secondary N) is 1. The molecule has 0 aliphatic carbocycles. The molecule has 6 heteroatoms. The lowest BCUT2D eigenvalue weighted by molar-refractivity contribution is 0.101. The van der Waals surface area contributed by atoms with Crippen molar-refractivity contribution in [3.05, 3.63) is 94.7 Å². The third-order valence-corrected chi connectivity index (χ3v) is 4.83. The van der Waals surface area contributed by atoms with Gasteiger partial charge in [0.15, 0.2) is 5.76 Å². The standard InChI is InChI=1S/C24H18ClNO4/c1-2-29-18-13-9-15(10-14-18)22(27)23-21(19-5-3-4-6-20(19)30-23)26-24(28)16-7-11-17(25)12-8-16/h3-14H,2H2,1H3,(H,26,28). The van der Waals surface area contributed by atoms with Gasteiger partial charge in [-0.3, -0.25) is 9.59 Å². The van der Waals surface area contributed by atoms with E-state index in [1.807, 2.05) is 19.1 Å². The largest absolute Gasteiger partial charge is 0.494 e. The molecule has 3 aromatic carbocycles. The van der Waals surface area contributed by atoms with Crippen molar-refractivity contribution in [1.82, 2.24) is 0 Å². The Morgan fingerprint density at radius 2 is 1.60 bits per heavy atom. The van der Waals surface area contributed by atoms with Gasteiger partial charge in [0.2, 0.25) is 5.78 Å². The fraction of sp³-hybridized carbons (Fsp3) is 0.0833. The van der Waals surface area contributed by atoms with Crippen molar-refractivity contribution in [3.8, 4) is 5.75 Å². The summed E-state index contributed by atoms with van der Waals surface area (Å²) in [7, 11) is 0. The Balaban J connectivity index is 1.72. The molecule has 150 valence electrons. The first kappa shape index (κ1) is 19.7. The summed E-state index contributed by atoms with van der Waals surface area (Å²) in [4.78, 5) is 25.9. The number of anilines is 1. The highest BCUT2D eigenvalue weighted by Gasteiger charge is 2.23. The molecule has 0 atom stereocenters. The molecule has 0 bridgehead atoms. The number of hydrogen-bond donors (Lipinski definition) is 1. The van der Waals surface area contributed by atoms with E-state index in [2.05, 4.69) is 5.32 Å². The maximum absolute atomic E-state index is 13.2. The summed E-state index contributed by atoms with van der Waals surface area (Å²) in [6, 6.07) is 20.5. The summed E-state index contributed by atoms with van der Waals surface area (Å²) in [5.41, 5.74) is 1.70. The van der Waals surface area contributed by atoms with Crippen molar-refractivity contribution in [1.29, 1.82) is 0 Å². The maximum Gasteiger partial charge on any atom is 0.255 e. The Bertz CT molecular complexity index is 1210. The predicted octanol–water partition coefficient (Wildman–Crippen LogP) is 5.97. The molecule has 4 rings (SSSR count). The normalized spacial score (nSPS) is 10.7. The van der Waals surface area contributed by atoms with Gasteiger partial charge in [-0.15, -0.1) is 0 Å². The zero-order chi connectivity index (χ0) is 21.1. The Morgan fingerprint density at radius 3 is 2.30 bits per heavy atom. The number of hydrogen-bond acceptors (Lipinski definition) is 4. The van der Waals surface area contributed by atoms with Crippen LogP contribution in [0, 0.1) is 0 Å². The highest BCUT2D eigenvalue weighted by molar-refractivity contribution is 6.30. The fourth-order valence-electron chi connectivity index (χ4n) is 3.12. The summed E-state index contributed by atoms with van der Waals surface area (Å²) in [6.45, 7) is 2.43. The van der Waals surface area contributed by atoms with Gasteiger partial charge < -0.3 is 14.5 Å². The first-order valence-corrected chi connectivity index (χ1v) is 9.80. The molecule has 1 amide bonds. The summed E-state index contributed by atoms with van der Waals surface area (Å²) in [5.74, 6) is 0.0530. The lowest BCUT2D eigenvalue weighted by Crippen LogP contribution is -2.14. The Morgan fingerprint density at radius 1 is 0.933 bits per heavy atom. The molecule has 1 heterocycles. The molecule has 0 spiro atoms. The van der Waals surface area contributed by atoms with E-state index in [0.29, 0.717) is 45.2 Å². The second-order valence-electron chi connectivity index (χ2n) is 6.55. The summed E-state index contributed by atoms with van der Waals surface area (Å²) < 4.78 is 11.3. The molecule has 0 unspecified atom stereocenters. The summed E-state index contributed by atoms with van der Waals surface area (Å²) >= 11 is 5.90. The molecule has 0 radical (unpaired) electrons. The van der Waals surface area contributed by atoms with Gasteiger partial charge >= 0.3 is 0 Å². The first-order valence-electron chi connectivity index (χ1n) is 9.43. The number of ketones is 1. The quantitative estimate of drug-likeness (QED) is 0.391. The van der Waals surface area contributed by atoms with Crippen molar-refractivity contribution in [3.63, 3.8) is 0 Å². The molecule has 4 aromatic rings. The van der Waals surface area contributed by atoms with Gasteiger partial charge in [-0.25, -0.2) is 0 Å². The third kappa shape index (κ3) is 3.93. The first-order chi connectivity index (χ1) is 14.6. The van der Waals surface area contributed by atoms with E-state index in [9.17, 15) is 9.59 Å². The van der Waals surface area contributed by atoms with Crippen LogP contribution in [0.2, 0.25) is 5.02 Å². The number of fused-ring (bicyclic) bond motifs is 1. The fourth-order valence-corrected chi connectivity index (χ4v) is 3.24. The topological polar surface area (TPSA) is 68.5 Å². The van der Waals surface area contributed by atoms with E-state index in [0.717, 1.165) is 0 Å². The number of ether oxygens (including phenoxy) is 1. The van der Waals surface area contributed by atoms with Crippen LogP contribution in [0.25, 0.3) is 11.0 Å². The Hall–Kier alpha value is -3.57. The number of benzene rings is 3. The van der Waals surface area contributed by atoms with Crippen LogP contribution in [0.4, 0.5) is 5.69 Å². The second-order valence-corrected chi connectivity index (χ2v) is 6.99. The number of carbonyl (C=O) groups excluding carboxylic acids is 2. The molecule has 0 aliphatic heterocycles. The number of amides is 1. The van der Waals surface area contributed by atoms with Gasteiger partial charge in [-0.2, -0.15) is 0 Å². The van der Waals surface area contributed by atoms with Crippen molar-refractivity contribution >= 4 is 39.9 Å². The summed E-state index contributed by atoms with van der Waals surface area (Å²) in [6.07, 6.45) is 0. The molecule has 0 aliphatic rings. The number of furan rings is 1. The second kappa shape index (κ2) is 8.43. The summed E-state index contributed by atoms with van der Waals surface area (Å²) in [5, 5.41) is 4.01.